The van der Waals surface area contributed by atoms with Crippen LogP contribution in [-0.2, 0) is 0 Å². The number of benzene rings is 1. The molecule has 1 rings (SSSR count). The van der Waals surface area contributed by atoms with Crippen LogP contribution in [-0.4, -0.2) is 19.4 Å². The van der Waals surface area contributed by atoms with Crippen molar-refractivity contribution in [1.29, 1.82) is 0 Å². The van der Waals surface area contributed by atoms with Crippen molar-refractivity contribution >= 4 is 46.3 Å². The standard InChI is InChI=1S/C9H7Cl2NO2S/c1-13-5-3-6(14-2)8(11)9(7(5)10)12-4-15/h3H,1-2H3. The molecule has 0 saturated carbocycles. The fourth-order valence-electron chi connectivity index (χ4n) is 1.02. The summed E-state index contributed by atoms with van der Waals surface area (Å²) < 4.78 is 10.1. The first-order chi connectivity index (χ1) is 7.15. The smallest absolute Gasteiger partial charge is 0.143 e. The van der Waals surface area contributed by atoms with Gasteiger partial charge < -0.3 is 9.47 Å². The fourth-order valence-corrected chi connectivity index (χ4v) is 1.69. The van der Waals surface area contributed by atoms with E-state index >= 15 is 0 Å². The molecule has 1 aromatic rings. The Morgan fingerprint density at radius 3 is 2.00 bits per heavy atom. The summed E-state index contributed by atoms with van der Waals surface area (Å²) in [7, 11) is 2.97. The van der Waals surface area contributed by atoms with Crippen molar-refractivity contribution in [3.05, 3.63) is 16.1 Å². The number of thiocarbonyl (C=S) groups is 1. The molecule has 0 heterocycles. The maximum atomic E-state index is 5.98. The summed E-state index contributed by atoms with van der Waals surface area (Å²) in [5, 5.41) is 2.75. The molecule has 0 unspecified atom stereocenters. The Labute approximate surface area is 103 Å². The van der Waals surface area contributed by atoms with Crippen LogP contribution in [0.3, 0.4) is 0 Å². The number of aliphatic imine (C=N–C) groups is 1. The molecule has 0 radical (unpaired) electrons. The Bertz CT molecular complexity index is 402. The Morgan fingerprint density at radius 2 is 1.67 bits per heavy atom. The minimum atomic E-state index is 0.278. The van der Waals surface area contributed by atoms with E-state index in [9.17, 15) is 0 Å². The highest BCUT2D eigenvalue weighted by Crippen LogP contribution is 2.45. The zero-order chi connectivity index (χ0) is 11.4. The van der Waals surface area contributed by atoms with Gasteiger partial charge in [0.1, 0.15) is 27.2 Å². The number of hydrogen-bond acceptors (Lipinski definition) is 4. The largest absolute Gasteiger partial charge is 0.495 e. The molecule has 15 heavy (non-hydrogen) atoms. The molecule has 0 saturated heterocycles. The molecule has 0 aliphatic rings. The zero-order valence-corrected chi connectivity index (χ0v) is 10.3. The number of ether oxygens (including phenoxy) is 2. The molecule has 0 spiro atoms. The maximum absolute atomic E-state index is 5.98. The van der Waals surface area contributed by atoms with Crippen molar-refractivity contribution in [1.82, 2.24) is 0 Å². The van der Waals surface area contributed by atoms with Gasteiger partial charge in [-0.1, -0.05) is 23.2 Å². The summed E-state index contributed by atoms with van der Waals surface area (Å²) in [5.74, 6) is 0.837. The van der Waals surface area contributed by atoms with Gasteiger partial charge in [0.2, 0.25) is 0 Å². The monoisotopic (exact) mass is 263 g/mol. The fraction of sp³-hybridized carbons (Fsp3) is 0.222. The Morgan fingerprint density at radius 1 is 1.20 bits per heavy atom. The molecule has 0 aliphatic carbocycles. The van der Waals surface area contributed by atoms with E-state index in [4.69, 9.17) is 32.7 Å². The Kier molecular flexibility index (Phi) is 4.36. The highest BCUT2D eigenvalue weighted by Gasteiger charge is 2.16. The van der Waals surface area contributed by atoms with E-state index in [2.05, 4.69) is 22.4 Å². The van der Waals surface area contributed by atoms with Gasteiger partial charge in [-0.15, -0.1) is 0 Å². The Balaban J connectivity index is 3.52. The maximum Gasteiger partial charge on any atom is 0.143 e. The summed E-state index contributed by atoms with van der Waals surface area (Å²) in [6.45, 7) is 0. The van der Waals surface area contributed by atoms with Crippen LogP contribution in [0.15, 0.2) is 11.1 Å². The van der Waals surface area contributed by atoms with Gasteiger partial charge in [-0.25, -0.2) is 0 Å². The first kappa shape index (κ1) is 12.3. The van der Waals surface area contributed by atoms with Crippen LogP contribution in [0.2, 0.25) is 10.0 Å². The van der Waals surface area contributed by atoms with E-state index in [-0.39, 0.29) is 10.0 Å². The van der Waals surface area contributed by atoms with Crippen LogP contribution < -0.4 is 9.47 Å². The van der Waals surface area contributed by atoms with Gasteiger partial charge in [-0.05, 0) is 12.2 Å². The quantitative estimate of drug-likeness (QED) is 0.615. The van der Waals surface area contributed by atoms with Crippen molar-refractivity contribution in [3.63, 3.8) is 0 Å². The van der Waals surface area contributed by atoms with Gasteiger partial charge in [0, 0.05) is 6.07 Å². The second kappa shape index (κ2) is 5.33. The third kappa shape index (κ3) is 2.41. The van der Waals surface area contributed by atoms with Crippen molar-refractivity contribution < 1.29 is 9.47 Å². The summed E-state index contributed by atoms with van der Waals surface area (Å²) in [4.78, 5) is 3.76. The lowest BCUT2D eigenvalue weighted by Crippen LogP contribution is -1.90. The molecule has 0 aliphatic heterocycles. The van der Waals surface area contributed by atoms with Crippen molar-refractivity contribution in [2.24, 2.45) is 4.99 Å². The van der Waals surface area contributed by atoms with Gasteiger partial charge >= 0.3 is 0 Å². The lowest BCUT2D eigenvalue weighted by molar-refractivity contribution is 0.395. The van der Waals surface area contributed by atoms with Crippen LogP contribution in [0, 0.1) is 0 Å². The van der Waals surface area contributed by atoms with E-state index in [1.165, 1.54) is 14.2 Å². The number of hydrogen-bond donors (Lipinski definition) is 0. The molecule has 0 N–H and O–H groups in total. The molecule has 0 atom stereocenters. The predicted octanol–water partition coefficient (Wildman–Crippen LogP) is 3.74. The lowest BCUT2D eigenvalue weighted by atomic mass is 10.2. The van der Waals surface area contributed by atoms with E-state index in [0.29, 0.717) is 17.2 Å². The van der Waals surface area contributed by atoms with Crippen LogP contribution in [0.25, 0.3) is 0 Å². The molecule has 0 fully saturated rings. The summed E-state index contributed by atoms with van der Waals surface area (Å²) in [6.07, 6.45) is 0. The van der Waals surface area contributed by atoms with Crippen LogP contribution >= 0.6 is 35.4 Å². The molecule has 0 bridgehead atoms. The molecule has 6 heteroatoms. The summed E-state index contributed by atoms with van der Waals surface area (Å²) in [5.41, 5.74) is 0.296. The molecule has 1 aromatic carbocycles. The lowest BCUT2D eigenvalue weighted by Gasteiger charge is -2.10. The Hall–Kier alpha value is -0.800. The van der Waals surface area contributed by atoms with Gasteiger partial charge in [0.25, 0.3) is 0 Å². The predicted molar refractivity (Wildman–Crippen MR) is 64.3 cm³/mol. The third-order valence-corrected chi connectivity index (χ3v) is 2.53. The van der Waals surface area contributed by atoms with Crippen LogP contribution in [0.5, 0.6) is 11.5 Å². The molecule has 3 nitrogen and oxygen atoms in total. The third-order valence-electron chi connectivity index (χ3n) is 1.71. The van der Waals surface area contributed by atoms with E-state index in [0.717, 1.165) is 0 Å². The summed E-state index contributed by atoms with van der Waals surface area (Å²) in [6, 6.07) is 1.58. The van der Waals surface area contributed by atoms with Crippen molar-refractivity contribution in [2.45, 2.75) is 0 Å². The zero-order valence-electron chi connectivity index (χ0n) is 8.01. The molecular weight excluding hydrogens is 257 g/mol. The minimum absolute atomic E-state index is 0.278. The van der Waals surface area contributed by atoms with E-state index in [1.54, 1.807) is 6.07 Å². The minimum Gasteiger partial charge on any atom is -0.495 e. The molecule has 80 valence electrons. The van der Waals surface area contributed by atoms with Crippen molar-refractivity contribution in [3.8, 4) is 11.5 Å². The first-order valence-corrected chi connectivity index (χ1v) is 5.00. The van der Waals surface area contributed by atoms with E-state index in [1.807, 2.05) is 0 Å². The van der Waals surface area contributed by atoms with Gasteiger partial charge in [0.15, 0.2) is 0 Å². The highest BCUT2D eigenvalue weighted by atomic mass is 35.5. The number of isothiocyanates is 1. The first-order valence-electron chi connectivity index (χ1n) is 3.83. The van der Waals surface area contributed by atoms with Crippen LogP contribution in [0.4, 0.5) is 5.69 Å². The van der Waals surface area contributed by atoms with Crippen LogP contribution in [0.1, 0.15) is 0 Å². The normalized spacial score (nSPS) is 9.33. The average molecular weight is 264 g/mol. The van der Waals surface area contributed by atoms with Gasteiger partial charge in [-0.3, -0.25) is 0 Å². The number of methoxy groups -OCH3 is 2. The second-order valence-electron chi connectivity index (χ2n) is 2.46. The summed E-state index contributed by atoms with van der Waals surface area (Å²) >= 11 is 16.5. The van der Waals surface area contributed by atoms with Gasteiger partial charge in [-0.2, -0.15) is 4.99 Å². The number of nitrogens with zero attached hydrogens (tertiary/aromatic N) is 1. The molecule has 0 amide bonds. The van der Waals surface area contributed by atoms with E-state index < -0.39 is 0 Å². The molecular formula is C9H7Cl2NO2S. The molecule has 0 aromatic heterocycles. The number of halogens is 2. The average Bonchev–Trinajstić information content (AvgIpc) is 2.25. The topological polar surface area (TPSA) is 30.8 Å². The number of rotatable bonds is 3. The van der Waals surface area contributed by atoms with Crippen molar-refractivity contribution in [2.75, 3.05) is 14.2 Å². The SMILES string of the molecule is COc1cc(OC)c(Cl)c(N=C=S)c1Cl. The van der Waals surface area contributed by atoms with Gasteiger partial charge in [0.05, 0.1) is 19.4 Å². The second-order valence-corrected chi connectivity index (χ2v) is 3.40. The highest BCUT2D eigenvalue weighted by molar-refractivity contribution is 7.78.